The molecule has 0 amide bonds. The highest BCUT2D eigenvalue weighted by Gasteiger charge is 2.29. The van der Waals surface area contributed by atoms with E-state index in [2.05, 4.69) is 0 Å². The molecule has 1 saturated carbocycles. The minimum absolute atomic E-state index is 0.409. The Balaban J connectivity index is 2.23. The number of halogens is 2. The van der Waals surface area contributed by atoms with E-state index < -0.39 is 16.2 Å². The normalized spacial score (nSPS) is 17.7. The molecule has 1 unspecified atom stereocenters. The molecule has 0 aliphatic heterocycles. The van der Waals surface area contributed by atoms with E-state index in [4.69, 9.17) is 27.4 Å². The molecule has 1 aromatic carbocycles. The summed E-state index contributed by atoms with van der Waals surface area (Å²) >= 11 is 11.8. The second-order valence-corrected chi connectivity index (χ2v) is 7.06. The third-order valence-corrected chi connectivity index (χ3v) is 4.17. The maximum Gasteiger partial charge on any atom is 0.264 e. The quantitative estimate of drug-likeness (QED) is 0.777. The Hall–Kier alpha value is -0.290. The van der Waals surface area contributed by atoms with Crippen molar-refractivity contribution in [2.75, 3.05) is 6.26 Å². The van der Waals surface area contributed by atoms with Gasteiger partial charge in [-0.05, 0) is 30.0 Å². The average Bonchev–Trinajstić information content (AvgIpc) is 3.03. The summed E-state index contributed by atoms with van der Waals surface area (Å²) in [6, 6.07) is 5.08. The molecule has 0 aromatic heterocycles. The van der Waals surface area contributed by atoms with Crippen molar-refractivity contribution in [3.8, 4) is 0 Å². The van der Waals surface area contributed by atoms with E-state index in [0.29, 0.717) is 22.4 Å². The Morgan fingerprint density at radius 3 is 2.50 bits per heavy atom. The molecule has 0 N–H and O–H groups in total. The van der Waals surface area contributed by atoms with Crippen LogP contribution < -0.4 is 0 Å². The lowest BCUT2D eigenvalue weighted by molar-refractivity contribution is 0.197. The molecule has 0 bridgehead atoms. The van der Waals surface area contributed by atoms with Gasteiger partial charge in [-0.3, -0.25) is 4.18 Å². The minimum atomic E-state index is -3.49. The molecule has 1 aromatic rings. The van der Waals surface area contributed by atoms with Crippen LogP contribution in [0.3, 0.4) is 0 Å². The summed E-state index contributed by atoms with van der Waals surface area (Å²) < 4.78 is 27.7. The second kappa shape index (κ2) is 5.37. The van der Waals surface area contributed by atoms with Crippen LogP contribution >= 0.6 is 23.2 Å². The molecule has 0 spiro atoms. The Labute approximate surface area is 117 Å². The van der Waals surface area contributed by atoms with Gasteiger partial charge in [-0.2, -0.15) is 8.42 Å². The molecular formula is C12H14Cl2O3S. The van der Waals surface area contributed by atoms with E-state index in [1.165, 1.54) is 0 Å². The zero-order valence-electron chi connectivity index (χ0n) is 9.90. The van der Waals surface area contributed by atoms with Crippen molar-refractivity contribution in [1.29, 1.82) is 0 Å². The van der Waals surface area contributed by atoms with Crippen LogP contribution in [0, 0.1) is 5.92 Å². The lowest BCUT2D eigenvalue weighted by Crippen LogP contribution is -2.11. The maximum absolute atomic E-state index is 11.3. The molecule has 0 saturated heterocycles. The largest absolute Gasteiger partial charge is 0.264 e. The van der Waals surface area contributed by atoms with Crippen LogP contribution in [-0.2, 0) is 14.3 Å². The van der Waals surface area contributed by atoms with Gasteiger partial charge in [0, 0.05) is 0 Å². The molecular weight excluding hydrogens is 295 g/mol. The molecule has 1 atom stereocenters. The highest BCUT2D eigenvalue weighted by atomic mass is 35.5. The van der Waals surface area contributed by atoms with Crippen LogP contribution in [0.2, 0.25) is 10.0 Å². The lowest BCUT2D eigenvalue weighted by Gasteiger charge is -2.17. The molecule has 1 aliphatic carbocycles. The number of hydrogen-bond donors (Lipinski definition) is 0. The monoisotopic (exact) mass is 308 g/mol. The number of hydrogen-bond acceptors (Lipinski definition) is 3. The second-order valence-electron chi connectivity index (χ2n) is 4.64. The molecule has 0 radical (unpaired) electrons. The zero-order valence-corrected chi connectivity index (χ0v) is 12.2. The van der Waals surface area contributed by atoms with Gasteiger partial charge in [-0.25, -0.2) is 0 Å². The van der Waals surface area contributed by atoms with Gasteiger partial charge in [0.25, 0.3) is 10.1 Å². The first-order chi connectivity index (χ1) is 8.35. The first-order valence-electron chi connectivity index (χ1n) is 5.68. The Morgan fingerprint density at radius 1 is 1.33 bits per heavy atom. The molecule has 100 valence electrons. The smallest absolute Gasteiger partial charge is 0.262 e. The fraction of sp³-hybridized carbons (Fsp3) is 0.500. The predicted octanol–water partition coefficient (Wildman–Crippen LogP) is 3.81. The summed E-state index contributed by atoms with van der Waals surface area (Å²) in [5, 5.41) is 0.858. The summed E-state index contributed by atoms with van der Waals surface area (Å²) in [7, 11) is -3.49. The Morgan fingerprint density at radius 2 is 2.00 bits per heavy atom. The van der Waals surface area contributed by atoms with Gasteiger partial charge < -0.3 is 0 Å². The average molecular weight is 309 g/mol. The summed E-state index contributed by atoms with van der Waals surface area (Å²) in [5.74, 6) is 0.547. The van der Waals surface area contributed by atoms with E-state index in [9.17, 15) is 8.42 Å². The van der Waals surface area contributed by atoms with E-state index >= 15 is 0 Å². The lowest BCUT2D eigenvalue weighted by atomic mass is 10.0. The Kier molecular flexibility index (Phi) is 4.22. The third-order valence-electron chi connectivity index (χ3n) is 2.85. The highest BCUT2D eigenvalue weighted by Crippen LogP contribution is 2.40. The van der Waals surface area contributed by atoms with Crippen LogP contribution in [0.5, 0.6) is 0 Å². The Bertz CT molecular complexity index is 538. The van der Waals surface area contributed by atoms with Crippen molar-refractivity contribution in [2.45, 2.75) is 25.4 Å². The van der Waals surface area contributed by atoms with E-state index in [-0.39, 0.29) is 0 Å². The summed E-state index contributed by atoms with van der Waals surface area (Å²) in [4.78, 5) is 0. The summed E-state index contributed by atoms with van der Waals surface area (Å²) in [6.45, 7) is 0. The topological polar surface area (TPSA) is 43.4 Å². The van der Waals surface area contributed by atoms with Gasteiger partial charge in [-0.15, -0.1) is 0 Å². The van der Waals surface area contributed by atoms with Gasteiger partial charge in [0.1, 0.15) is 6.10 Å². The molecule has 0 heterocycles. The SMILES string of the molecule is CS(=O)(=O)OC(CC1CC1)c1ccc(Cl)c(Cl)c1. The van der Waals surface area contributed by atoms with Crippen LogP contribution in [-0.4, -0.2) is 14.7 Å². The summed E-state index contributed by atoms with van der Waals surface area (Å²) in [6.07, 6.45) is 3.55. The standard InChI is InChI=1S/C12H14Cl2O3S/c1-18(15,16)17-12(6-8-2-3-8)9-4-5-10(13)11(14)7-9/h4-5,7-8,12H,2-3,6H2,1H3. The van der Waals surface area contributed by atoms with E-state index in [0.717, 1.165) is 24.7 Å². The first kappa shape index (κ1) is 14.1. The fourth-order valence-electron chi connectivity index (χ4n) is 1.81. The van der Waals surface area contributed by atoms with Crippen molar-refractivity contribution < 1.29 is 12.6 Å². The zero-order chi connectivity index (χ0) is 13.3. The van der Waals surface area contributed by atoms with Gasteiger partial charge in [0.05, 0.1) is 16.3 Å². The van der Waals surface area contributed by atoms with Crippen molar-refractivity contribution in [3.05, 3.63) is 33.8 Å². The molecule has 6 heteroatoms. The van der Waals surface area contributed by atoms with Crippen LogP contribution in [0.15, 0.2) is 18.2 Å². The van der Waals surface area contributed by atoms with E-state index in [1.54, 1.807) is 18.2 Å². The molecule has 1 fully saturated rings. The van der Waals surface area contributed by atoms with Gasteiger partial charge >= 0.3 is 0 Å². The van der Waals surface area contributed by atoms with Crippen molar-refractivity contribution in [3.63, 3.8) is 0 Å². The fourth-order valence-corrected chi connectivity index (χ4v) is 2.73. The van der Waals surface area contributed by atoms with Crippen molar-refractivity contribution >= 4 is 33.3 Å². The third kappa shape index (κ3) is 4.12. The van der Waals surface area contributed by atoms with Crippen molar-refractivity contribution in [2.24, 2.45) is 5.92 Å². The minimum Gasteiger partial charge on any atom is -0.262 e. The van der Waals surface area contributed by atoms with Crippen molar-refractivity contribution in [1.82, 2.24) is 0 Å². The van der Waals surface area contributed by atoms with Crippen LogP contribution in [0.4, 0.5) is 0 Å². The van der Waals surface area contributed by atoms with Gasteiger partial charge in [0.15, 0.2) is 0 Å². The van der Waals surface area contributed by atoms with Crippen LogP contribution in [0.1, 0.15) is 30.9 Å². The number of benzene rings is 1. The van der Waals surface area contributed by atoms with Gasteiger partial charge in [0.2, 0.25) is 0 Å². The predicted molar refractivity (Wildman–Crippen MR) is 72.5 cm³/mol. The highest BCUT2D eigenvalue weighted by molar-refractivity contribution is 7.86. The van der Waals surface area contributed by atoms with E-state index in [1.807, 2.05) is 0 Å². The molecule has 18 heavy (non-hydrogen) atoms. The molecule has 3 nitrogen and oxygen atoms in total. The first-order valence-corrected chi connectivity index (χ1v) is 8.25. The molecule has 2 rings (SSSR count). The van der Waals surface area contributed by atoms with Gasteiger partial charge in [-0.1, -0.05) is 42.1 Å². The summed E-state index contributed by atoms with van der Waals surface area (Å²) in [5.41, 5.74) is 0.752. The maximum atomic E-state index is 11.3. The molecule has 1 aliphatic rings. The number of rotatable bonds is 5. The van der Waals surface area contributed by atoms with Crippen LogP contribution in [0.25, 0.3) is 0 Å².